The first-order valence-electron chi connectivity index (χ1n) is 11.0. The fraction of sp³-hybridized carbons (Fsp3) is 0.417. The van der Waals surface area contributed by atoms with Crippen LogP contribution in [-0.4, -0.2) is 62.5 Å². The summed E-state index contributed by atoms with van der Waals surface area (Å²) < 4.78 is 26.5. The topological polar surface area (TPSA) is 64.7 Å². The van der Waals surface area contributed by atoms with Crippen molar-refractivity contribution >= 4 is 17.5 Å². The molecule has 2 N–H and O–H groups in total. The van der Waals surface area contributed by atoms with E-state index in [0.717, 1.165) is 44.9 Å². The van der Waals surface area contributed by atoms with Gasteiger partial charge in [0.2, 0.25) is 5.91 Å². The van der Waals surface area contributed by atoms with Gasteiger partial charge in [0.1, 0.15) is 11.6 Å². The van der Waals surface area contributed by atoms with Crippen molar-refractivity contribution in [1.29, 1.82) is 0 Å². The van der Waals surface area contributed by atoms with E-state index >= 15 is 0 Å². The van der Waals surface area contributed by atoms with Gasteiger partial charge in [-0.15, -0.1) is 0 Å². The molecule has 32 heavy (non-hydrogen) atoms. The number of piperazine rings is 1. The number of amides is 2. The van der Waals surface area contributed by atoms with Crippen molar-refractivity contribution in [3.8, 4) is 0 Å². The van der Waals surface area contributed by atoms with Gasteiger partial charge in [-0.2, -0.15) is 0 Å². The molecule has 0 unspecified atom stereocenters. The SMILES string of the molecule is Cc1cccc(N2CCN(CCNC(=O)CCCNC(=O)c3ccc(F)cc3F)CC2)c1. The number of carbonyl (C=O) groups excluding carboxylic acids is 2. The molecule has 6 nitrogen and oxygen atoms in total. The third kappa shape index (κ3) is 7.02. The van der Waals surface area contributed by atoms with Gasteiger partial charge in [-0.25, -0.2) is 8.78 Å². The van der Waals surface area contributed by atoms with Gasteiger partial charge in [-0.1, -0.05) is 12.1 Å². The normalized spacial score (nSPS) is 14.3. The maximum atomic E-state index is 13.6. The Morgan fingerprint density at radius 3 is 2.47 bits per heavy atom. The van der Waals surface area contributed by atoms with Gasteiger partial charge in [-0.3, -0.25) is 14.5 Å². The number of nitrogens with one attached hydrogen (secondary N) is 2. The maximum absolute atomic E-state index is 13.6. The van der Waals surface area contributed by atoms with Crippen molar-refractivity contribution in [1.82, 2.24) is 15.5 Å². The van der Waals surface area contributed by atoms with Crippen molar-refractivity contribution in [3.05, 3.63) is 65.2 Å². The molecule has 0 aromatic heterocycles. The number of anilines is 1. The van der Waals surface area contributed by atoms with Crippen LogP contribution < -0.4 is 15.5 Å². The number of hydrogen-bond donors (Lipinski definition) is 2. The van der Waals surface area contributed by atoms with Gasteiger partial charge in [0.05, 0.1) is 5.56 Å². The van der Waals surface area contributed by atoms with E-state index in [2.05, 4.69) is 51.6 Å². The lowest BCUT2D eigenvalue weighted by Crippen LogP contribution is -2.48. The van der Waals surface area contributed by atoms with E-state index in [4.69, 9.17) is 0 Å². The average molecular weight is 445 g/mol. The van der Waals surface area contributed by atoms with Crippen LogP contribution in [0.2, 0.25) is 0 Å². The molecular weight excluding hydrogens is 414 g/mol. The van der Waals surface area contributed by atoms with Crippen LogP contribution in [0.4, 0.5) is 14.5 Å². The van der Waals surface area contributed by atoms with E-state index in [1.54, 1.807) is 0 Å². The van der Waals surface area contributed by atoms with Crippen molar-refractivity contribution in [2.75, 3.05) is 50.7 Å². The second kappa shape index (κ2) is 11.6. The van der Waals surface area contributed by atoms with Crippen LogP contribution in [0, 0.1) is 18.6 Å². The van der Waals surface area contributed by atoms with Crippen molar-refractivity contribution in [2.45, 2.75) is 19.8 Å². The van der Waals surface area contributed by atoms with Crippen molar-refractivity contribution < 1.29 is 18.4 Å². The van der Waals surface area contributed by atoms with Gasteiger partial charge < -0.3 is 15.5 Å². The third-order valence-corrected chi connectivity index (χ3v) is 5.53. The van der Waals surface area contributed by atoms with Gasteiger partial charge in [0, 0.05) is 64.0 Å². The van der Waals surface area contributed by atoms with Gasteiger partial charge in [0.25, 0.3) is 5.91 Å². The Bertz CT molecular complexity index is 930. The largest absolute Gasteiger partial charge is 0.369 e. The summed E-state index contributed by atoms with van der Waals surface area (Å²) in [6.07, 6.45) is 0.711. The molecule has 0 radical (unpaired) electrons. The average Bonchev–Trinajstić information content (AvgIpc) is 2.77. The van der Waals surface area contributed by atoms with Crippen LogP contribution >= 0.6 is 0 Å². The Hall–Kier alpha value is -3.00. The lowest BCUT2D eigenvalue weighted by molar-refractivity contribution is -0.121. The molecule has 0 bridgehead atoms. The number of carbonyl (C=O) groups is 2. The summed E-state index contributed by atoms with van der Waals surface area (Å²) in [5.41, 5.74) is 2.31. The summed E-state index contributed by atoms with van der Waals surface area (Å²) in [7, 11) is 0. The van der Waals surface area contributed by atoms with Crippen LogP contribution in [0.5, 0.6) is 0 Å². The first kappa shape index (κ1) is 23.7. The second-order valence-corrected chi connectivity index (χ2v) is 8.00. The van der Waals surface area contributed by atoms with Gasteiger partial charge >= 0.3 is 0 Å². The monoisotopic (exact) mass is 444 g/mol. The van der Waals surface area contributed by atoms with Crippen LogP contribution in [-0.2, 0) is 4.79 Å². The molecule has 0 aliphatic carbocycles. The Labute approximate surface area is 187 Å². The first-order chi connectivity index (χ1) is 15.4. The lowest BCUT2D eigenvalue weighted by Gasteiger charge is -2.36. The third-order valence-electron chi connectivity index (χ3n) is 5.53. The minimum atomic E-state index is -0.903. The van der Waals surface area contributed by atoms with E-state index in [0.29, 0.717) is 19.0 Å². The highest BCUT2D eigenvalue weighted by molar-refractivity contribution is 5.94. The quantitative estimate of drug-likeness (QED) is 0.584. The fourth-order valence-electron chi connectivity index (χ4n) is 3.72. The van der Waals surface area contributed by atoms with E-state index in [1.807, 2.05) is 0 Å². The summed E-state index contributed by atoms with van der Waals surface area (Å²) in [4.78, 5) is 28.6. The predicted molar refractivity (Wildman–Crippen MR) is 121 cm³/mol. The summed E-state index contributed by atoms with van der Waals surface area (Å²) >= 11 is 0. The lowest BCUT2D eigenvalue weighted by atomic mass is 10.2. The minimum absolute atomic E-state index is 0.0781. The molecule has 1 fully saturated rings. The van der Waals surface area contributed by atoms with Gasteiger partial charge in [-0.05, 0) is 43.2 Å². The van der Waals surface area contributed by atoms with Crippen LogP contribution in [0.25, 0.3) is 0 Å². The first-order valence-corrected chi connectivity index (χ1v) is 11.0. The van der Waals surface area contributed by atoms with Gasteiger partial charge in [0.15, 0.2) is 0 Å². The summed E-state index contributed by atoms with van der Waals surface area (Å²) in [6.45, 7) is 7.55. The smallest absolute Gasteiger partial charge is 0.254 e. The van der Waals surface area contributed by atoms with E-state index < -0.39 is 17.5 Å². The molecule has 0 spiro atoms. The molecule has 0 atom stereocenters. The summed E-state index contributed by atoms with van der Waals surface area (Å²) in [6, 6.07) is 11.3. The maximum Gasteiger partial charge on any atom is 0.254 e. The molecule has 1 aliphatic heterocycles. The standard InChI is InChI=1S/C24H30F2N4O2/c1-18-4-2-5-20(16-18)30-14-12-29(13-15-30)11-10-27-23(31)6-3-9-28-24(32)21-8-7-19(25)17-22(21)26/h2,4-5,7-8,16-17H,3,6,9-15H2,1H3,(H,27,31)(H,28,32). The highest BCUT2D eigenvalue weighted by atomic mass is 19.1. The number of benzene rings is 2. The molecular formula is C24H30F2N4O2. The molecule has 3 rings (SSSR count). The van der Waals surface area contributed by atoms with E-state index in [9.17, 15) is 18.4 Å². The molecule has 172 valence electrons. The van der Waals surface area contributed by atoms with E-state index in [1.165, 1.54) is 11.3 Å². The zero-order valence-electron chi connectivity index (χ0n) is 18.4. The van der Waals surface area contributed by atoms with Crippen LogP contribution in [0.3, 0.4) is 0 Å². The Balaban J connectivity index is 1.26. The Kier molecular flexibility index (Phi) is 8.56. The minimum Gasteiger partial charge on any atom is -0.369 e. The second-order valence-electron chi connectivity index (χ2n) is 8.00. The highest BCUT2D eigenvalue weighted by Crippen LogP contribution is 2.17. The number of hydrogen-bond acceptors (Lipinski definition) is 4. The van der Waals surface area contributed by atoms with E-state index in [-0.39, 0.29) is 24.4 Å². The molecule has 8 heteroatoms. The zero-order valence-corrected chi connectivity index (χ0v) is 18.4. The molecule has 0 saturated carbocycles. The highest BCUT2D eigenvalue weighted by Gasteiger charge is 2.17. The molecule has 2 amide bonds. The number of rotatable bonds is 9. The van der Waals surface area contributed by atoms with Crippen molar-refractivity contribution in [3.63, 3.8) is 0 Å². The predicted octanol–water partition coefficient (Wildman–Crippen LogP) is 2.72. The molecule has 2 aromatic carbocycles. The summed E-state index contributed by atoms with van der Waals surface area (Å²) in [5, 5.41) is 5.46. The molecule has 1 aliphatic rings. The molecule has 1 saturated heterocycles. The molecule has 1 heterocycles. The Morgan fingerprint density at radius 2 is 1.75 bits per heavy atom. The van der Waals surface area contributed by atoms with Crippen LogP contribution in [0.15, 0.2) is 42.5 Å². The molecule has 2 aromatic rings. The number of aryl methyl sites for hydroxylation is 1. The Morgan fingerprint density at radius 1 is 0.969 bits per heavy atom. The summed E-state index contributed by atoms with van der Waals surface area (Å²) in [5.74, 6) is -2.33. The van der Waals surface area contributed by atoms with Crippen LogP contribution in [0.1, 0.15) is 28.8 Å². The zero-order chi connectivity index (χ0) is 22.9. The number of halogens is 2. The van der Waals surface area contributed by atoms with Crippen molar-refractivity contribution in [2.24, 2.45) is 0 Å². The number of nitrogens with zero attached hydrogens (tertiary/aromatic N) is 2. The fourth-order valence-corrected chi connectivity index (χ4v) is 3.72.